The van der Waals surface area contributed by atoms with Crippen molar-refractivity contribution in [2.45, 2.75) is 41.7 Å². The van der Waals surface area contributed by atoms with Gasteiger partial charge < -0.3 is 21.7 Å². The molecular weight excluding hydrogens is 457 g/mol. The Morgan fingerprint density at radius 3 is 2.62 bits per heavy atom. The van der Waals surface area contributed by atoms with E-state index in [9.17, 15) is 13.2 Å². The fourth-order valence-electron chi connectivity index (χ4n) is 3.89. The molecule has 1 aliphatic heterocycles. The summed E-state index contributed by atoms with van der Waals surface area (Å²) in [6.45, 7) is 2.62. The standard InChI is InChI=1S/C23H27F3N4S.ClH/c24-23(25,26)17-13-19(29-10-3-9-28-11-8-27)22-21(14-17)31-20-12-16(6-7-18(20)30-22)15-4-1-2-5-15;/h4,6-7,12-14,28-30H,1-3,5,8-11,27H2;1H. The SMILES string of the molecule is Cl.NCCNCCCNc1cc(C(F)(F)F)cc2c1Nc1ccc(C3=CCCC3)cc1S2. The Kier molecular flexibility index (Phi) is 8.38. The molecule has 0 fully saturated rings. The molecule has 2 aromatic carbocycles. The van der Waals surface area contributed by atoms with E-state index >= 15 is 0 Å². The molecule has 4 rings (SSSR count). The van der Waals surface area contributed by atoms with Crippen LogP contribution < -0.4 is 21.7 Å². The number of halogens is 4. The van der Waals surface area contributed by atoms with Crippen LogP contribution in [0.1, 0.15) is 36.8 Å². The molecule has 0 aromatic heterocycles. The van der Waals surface area contributed by atoms with Crippen LogP contribution in [0.4, 0.5) is 30.2 Å². The average Bonchev–Trinajstić information content (AvgIpc) is 3.28. The van der Waals surface area contributed by atoms with Crippen LogP contribution in [0.5, 0.6) is 0 Å². The molecule has 0 saturated heterocycles. The molecule has 2 aliphatic rings. The second-order valence-electron chi connectivity index (χ2n) is 7.77. The molecule has 0 bridgehead atoms. The number of hydrogen-bond donors (Lipinski definition) is 4. The van der Waals surface area contributed by atoms with Crippen molar-refractivity contribution in [1.82, 2.24) is 5.32 Å². The zero-order valence-electron chi connectivity index (χ0n) is 17.6. The lowest BCUT2D eigenvalue weighted by Crippen LogP contribution is -2.24. The lowest BCUT2D eigenvalue weighted by Gasteiger charge is -2.26. The van der Waals surface area contributed by atoms with Crippen molar-refractivity contribution in [3.8, 4) is 0 Å². The summed E-state index contributed by atoms with van der Waals surface area (Å²) in [6.07, 6.45) is 1.94. The molecule has 0 spiro atoms. The van der Waals surface area contributed by atoms with Gasteiger partial charge in [-0.2, -0.15) is 13.2 Å². The van der Waals surface area contributed by atoms with Gasteiger partial charge in [-0.05, 0) is 67.6 Å². The Morgan fingerprint density at radius 2 is 1.91 bits per heavy atom. The lowest BCUT2D eigenvalue weighted by atomic mass is 10.0. The molecule has 2 aromatic rings. The Hall–Kier alpha value is -1.87. The minimum Gasteiger partial charge on any atom is -0.383 e. The molecule has 9 heteroatoms. The third-order valence-electron chi connectivity index (χ3n) is 5.47. The van der Waals surface area contributed by atoms with E-state index in [1.165, 1.54) is 29.5 Å². The first kappa shape index (κ1) is 24.8. The average molecular weight is 485 g/mol. The van der Waals surface area contributed by atoms with Crippen LogP contribution in [0.15, 0.2) is 46.2 Å². The van der Waals surface area contributed by atoms with Crippen molar-refractivity contribution in [3.05, 3.63) is 47.5 Å². The van der Waals surface area contributed by atoms with Crippen LogP contribution in [-0.2, 0) is 6.18 Å². The molecule has 0 saturated carbocycles. The molecule has 4 nitrogen and oxygen atoms in total. The van der Waals surface area contributed by atoms with E-state index in [4.69, 9.17) is 5.73 Å². The second-order valence-corrected chi connectivity index (χ2v) is 8.86. The molecule has 0 unspecified atom stereocenters. The number of nitrogens with one attached hydrogen (secondary N) is 3. The number of benzene rings is 2. The summed E-state index contributed by atoms with van der Waals surface area (Å²) in [5, 5.41) is 9.75. The summed E-state index contributed by atoms with van der Waals surface area (Å²) in [5.41, 5.74) is 9.40. The van der Waals surface area contributed by atoms with Crippen molar-refractivity contribution >= 4 is 46.8 Å². The van der Waals surface area contributed by atoms with Crippen LogP contribution in [-0.4, -0.2) is 26.2 Å². The van der Waals surface area contributed by atoms with Gasteiger partial charge in [0.2, 0.25) is 0 Å². The van der Waals surface area contributed by atoms with Crippen LogP contribution in [0.25, 0.3) is 5.57 Å². The van der Waals surface area contributed by atoms with E-state index in [0.717, 1.165) is 54.9 Å². The summed E-state index contributed by atoms with van der Waals surface area (Å²) in [7, 11) is 0. The second kappa shape index (κ2) is 10.8. The smallest absolute Gasteiger partial charge is 0.383 e. The summed E-state index contributed by atoms with van der Waals surface area (Å²) in [4.78, 5) is 1.54. The summed E-state index contributed by atoms with van der Waals surface area (Å²) < 4.78 is 40.6. The van der Waals surface area contributed by atoms with Gasteiger partial charge in [-0.25, -0.2) is 0 Å². The molecule has 5 N–H and O–H groups in total. The number of hydrogen-bond acceptors (Lipinski definition) is 5. The predicted molar refractivity (Wildman–Crippen MR) is 129 cm³/mol. The number of allylic oxidation sites excluding steroid dienone is 2. The zero-order chi connectivity index (χ0) is 21.8. The van der Waals surface area contributed by atoms with E-state index in [1.54, 1.807) is 0 Å². The third-order valence-corrected chi connectivity index (χ3v) is 6.57. The van der Waals surface area contributed by atoms with E-state index < -0.39 is 11.7 Å². The van der Waals surface area contributed by atoms with Crippen LogP contribution in [0, 0.1) is 0 Å². The first-order valence-corrected chi connectivity index (χ1v) is 11.5. The fourth-order valence-corrected chi connectivity index (χ4v) is 4.99. The predicted octanol–water partition coefficient (Wildman–Crippen LogP) is 6.25. The topological polar surface area (TPSA) is 62.1 Å². The summed E-state index contributed by atoms with van der Waals surface area (Å²) >= 11 is 1.39. The maximum Gasteiger partial charge on any atom is 0.416 e. The minimum atomic E-state index is -4.40. The molecule has 0 atom stereocenters. The molecule has 174 valence electrons. The highest BCUT2D eigenvalue weighted by Gasteiger charge is 2.33. The molecule has 0 radical (unpaired) electrons. The largest absolute Gasteiger partial charge is 0.416 e. The zero-order valence-corrected chi connectivity index (χ0v) is 19.3. The fraction of sp³-hybridized carbons (Fsp3) is 0.391. The van der Waals surface area contributed by atoms with Crippen LogP contribution in [0.2, 0.25) is 0 Å². The number of anilines is 3. The Balaban J connectivity index is 0.00000289. The van der Waals surface area contributed by atoms with Crippen molar-refractivity contribution in [1.29, 1.82) is 0 Å². The van der Waals surface area contributed by atoms with Gasteiger partial charge in [0.25, 0.3) is 0 Å². The van der Waals surface area contributed by atoms with Gasteiger partial charge in [0.15, 0.2) is 0 Å². The van der Waals surface area contributed by atoms with Gasteiger partial charge >= 0.3 is 6.18 Å². The molecular formula is C23H28ClF3N4S. The normalized spacial score (nSPS) is 14.7. The molecule has 1 aliphatic carbocycles. The highest BCUT2D eigenvalue weighted by Crippen LogP contribution is 2.50. The monoisotopic (exact) mass is 484 g/mol. The first-order chi connectivity index (χ1) is 15.0. The van der Waals surface area contributed by atoms with Crippen molar-refractivity contribution in [2.75, 3.05) is 36.8 Å². The van der Waals surface area contributed by atoms with Gasteiger partial charge in [-0.15, -0.1) is 12.4 Å². The molecule has 1 heterocycles. The van der Waals surface area contributed by atoms with E-state index in [1.807, 2.05) is 6.07 Å². The van der Waals surface area contributed by atoms with E-state index in [-0.39, 0.29) is 12.4 Å². The van der Waals surface area contributed by atoms with E-state index in [2.05, 4.69) is 34.2 Å². The lowest BCUT2D eigenvalue weighted by molar-refractivity contribution is -0.137. The Morgan fingerprint density at radius 1 is 1.06 bits per heavy atom. The summed E-state index contributed by atoms with van der Waals surface area (Å²) in [5.74, 6) is 0. The number of fused-ring (bicyclic) bond motifs is 2. The number of nitrogens with two attached hydrogens (primary N) is 1. The minimum absolute atomic E-state index is 0. The van der Waals surface area contributed by atoms with Crippen molar-refractivity contribution in [2.24, 2.45) is 5.73 Å². The van der Waals surface area contributed by atoms with Crippen LogP contribution >= 0.6 is 24.2 Å². The van der Waals surface area contributed by atoms with Gasteiger partial charge in [0, 0.05) is 29.4 Å². The Bertz CT molecular complexity index is 978. The van der Waals surface area contributed by atoms with Crippen molar-refractivity contribution < 1.29 is 13.2 Å². The highest BCUT2D eigenvalue weighted by atomic mass is 35.5. The maximum absolute atomic E-state index is 13.5. The maximum atomic E-state index is 13.5. The molecule has 0 amide bonds. The third kappa shape index (κ3) is 5.73. The van der Waals surface area contributed by atoms with Crippen LogP contribution in [0.3, 0.4) is 0 Å². The van der Waals surface area contributed by atoms with E-state index in [0.29, 0.717) is 29.4 Å². The summed E-state index contributed by atoms with van der Waals surface area (Å²) in [6, 6.07) is 8.64. The molecule has 32 heavy (non-hydrogen) atoms. The number of alkyl halides is 3. The quantitative estimate of drug-likeness (QED) is 0.284. The first-order valence-electron chi connectivity index (χ1n) is 10.6. The Labute approximate surface area is 197 Å². The van der Waals surface area contributed by atoms with Gasteiger partial charge in [-0.3, -0.25) is 0 Å². The number of rotatable bonds is 8. The van der Waals surface area contributed by atoms with Crippen molar-refractivity contribution in [3.63, 3.8) is 0 Å². The highest BCUT2D eigenvalue weighted by molar-refractivity contribution is 7.99. The van der Waals surface area contributed by atoms with Gasteiger partial charge in [-0.1, -0.05) is 23.9 Å². The van der Waals surface area contributed by atoms with Gasteiger partial charge in [0.1, 0.15) is 0 Å². The van der Waals surface area contributed by atoms with Gasteiger partial charge in [0.05, 0.1) is 22.6 Å².